The zero-order chi connectivity index (χ0) is 18.6. The van der Waals surface area contributed by atoms with Gasteiger partial charge in [-0.1, -0.05) is 12.1 Å². The van der Waals surface area contributed by atoms with Gasteiger partial charge in [0.25, 0.3) is 0 Å². The number of carbonyl (C=O) groups is 1. The molecule has 4 rings (SSSR count). The highest BCUT2D eigenvalue weighted by Crippen LogP contribution is 2.29. The monoisotopic (exact) mass is 361 g/mol. The van der Waals surface area contributed by atoms with Crippen molar-refractivity contribution in [3.8, 4) is 6.07 Å². The summed E-state index contributed by atoms with van der Waals surface area (Å²) in [6.45, 7) is 2.79. The first-order chi connectivity index (χ1) is 13.2. The Morgan fingerprint density at radius 3 is 2.81 bits per heavy atom. The van der Waals surface area contributed by atoms with Gasteiger partial charge in [-0.3, -0.25) is 9.78 Å². The maximum Gasteiger partial charge on any atom is 0.227 e. The van der Waals surface area contributed by atoms with Crippen molar-refractivity contribution in [2.24, 2.45) is 5.92 Å². The Kier molecular flexibility index (Phi) is 5.17. The first-order valence-electron chi connectivity index (χ1n) is 9.52. The molecule has 138 valence electrons. The maximum atomic E-state index is 12.7. The van der Waals surface area contributed by atoms with Crippen LogP contribution in [0.4, 0.5) is 0 Å². The molecule has 0 N–H and O–H groups in total. The predicted octanol–water partition coefficient (Wildman–Crippen LogP) is 3.01. The van der Waals surface area contributed by atoms with E-state index in [1.165, 1.54) is 18.4 Å². The molecule has 0 bridgehead atoms. The highest BCUT2D eigenvalue weighted by Gasteiger charge is 2.24. The molecule has 0 radical (unpaired) electrons. The molecule has 0 saturated heterocycles. The Morgan fingerprint density at radius 2 is 2.07 bits per heavy atom. The number of ether oxygens (including phenoxy) is 1. The van der Waals surface area contributed by atoms with Crippen molar-refractivity contribution in [2.75, 3.05) is 13.2 Å². The summed E-state index contributed by atoms with van der Waals surface area (Å²) in [4.78, 5) is 18.9. The zero-order valence-corrected chi connectivity index (χ0v) is 15.4. The first kappa shape index (κ1) is 17.7. The van der Waals surface area contributed by atoms with E-state index in [0.717, 1.165) is 42.2 Å². The molecule has 1 aliphatic carbocycles. The van der Waals surface area contributed by atoms with E-state index in [9.17, 15) is 4.79 Å². The molecule has 1 aromatic heterocycles. The van der Waals surface area contributed by atoms with Gasteiger partial charge in [0.1, 0.15) is 0 Å². The Morgan fingerprint density at radius 1 is 1.26 bits per heavy atom. The molecular formula is C22H23N3O2. The number of hydrogen-bond donors (Lipinski definition) is 0. The number of rotatable bonds is 6. The molecule has 0 atom stereocenters. The van der Waals surface area contributed by atoms with E-state index >= 15 is 0 Å². The number of nitriles is 1. The van der Waals surface area contributed by atoms with Gasteiger partial charge in [-0.05, 0) is 59.6 Å². The van der Waals surface area contributed by atoms with Crippen LogP contribution in [-0.2, 0) is 35.5 Å². The molecule has 2 aliphatic rings. The van der Waals surface area contributed by atoms with Crippen LogP contribution in [0.1, 0.15) is 40.7 Å². The van der Waals surface area contributed by atoms with Crippen LogP contribution in [0, 0.1) is 17.2 Å². The summed E-state index contributed by atoms with van der Waals surface area (Å²) in [5.41, 5.74) is 5.13. The second-order valence-electron chi connectivity index (χ2n) is 7.45. The third kappa shape index (κ3) is 4.35. The number of fused-ring (bicyclic) bond motifs is 1. The maximum absolute atomic E-state index is 12.7. The summed E-state index contributed by atoms with van der Waals surface area (Å²) in [5.74, 6) is 0.869. The summed E-state index contributed by atoms with van der Waals surface area (Å²) < 4.78 is 5.84. The Labute approximate surface area is 159 Å². The lowest BCUT2D eigenvalue weighted by atomic mass is 9.97. The van der Waals surface area contributed by atoms with Crippen LogP contribution in [0.15, 0.2) is 36.7 Å². The molecule has 2 aromatic rings. The molecule has 1 amide bonds. The minimum absolute atomic E-state index is 0.112. The average molecular weight is 361 g/mol. The molecule has 27 heavy (non-hydrogen) atoms. The van der Waals surface area contributed by atoms with Gasteiger partial charge in [-0.2, -0.15) is 5.26 Å². The van der Waals surface area contributed by atoms with Crippen LogP contribution >= 0.6 is 0 Å². The number of aromatic nitrogens is 1. The molecule has 0 spiro atoms. The van der Waals surface area contributed by atoms with E-state index in [1.807, 2.05) is 29.4 Å². The molecule has 5 heteroatoms. The van der Waals surface area contributed by atoms with Crippen LogP contribution < -0.4 is 0 Å². The molecule has 1 saturated carbocycles. The Balaban J connectivity index is 1.38. The van der Waals surface area contributed by atoms with Crippen molar-refractivity contribution in [3.05, 3.63) is 64.5 Å². The standard InChI is InChI=1S/C22H23N3O2/c23-10-17-3-1-16(2-4-17)9-22(26)25-8-7-21-19(13-25)11-24-12-20(21)15-27-14-18-5-6-18/h1-4,11-12,18H,5-9,13-15H2. The fraction of sp³-hybridized carbons (Fsp3) is 0.409. The summed E-state index contributed by atoms with van der Waals surface area (Å²) in [6, 6.07) is 9.32. The van der Waals surface area contributed by atoms with Gasteiger partial charge in [-0.25, -0.2) is 0 Å². The minimum atomic E-state index is 0.112. The van der Waals surface area contributed by atoms with Gasteiger partial charge >= 0.3 is 0 Å². The van der Waals surface area contributed by atoms with Gasteiger partial charge in [0, 0.05) is 32.1 Å². The van der Waals surface area contributed by atoms with Crippen molar-refractivity contribution in [1.82, 2.24) is 9.88 Å². The number of hydrogen-bond acceptors (Lipinski definition) is 4. The molecule has 1 aromatic carbocycles. The summed E-state index contributed by atoms with van der Waals surface area (Å²) in [7, 11) is 0. The predicted molar refractivity (Wildman–Crippen MR) is 101 cm³/mol. The second-order valence-corrected chi connectivity index (χ2v) is 7.45. The van der Waals surface area contributed by atoms with Gasteiger partial charge < -0.3 is 9.64 Å². The van der Waals surface area contributed by atoms with Crippen LogP contribution in [0.5, 0.6) is 0 Å². The molecule has 5 nitrogen and oxygen atoms in total. The van der Waals surface area contributed by atoms with Gasteiger partial charge in [0.2, 0.25) is 5.91 Å². The SMILES string of the molecule is N#Cc1ccc(CC(=O)N2CCc3c(COCC4CC4)cncc3C2)cc1. The van der Waals surface area contributed by atoms with Crippen molar-refractivity contribution < 1.29 is 9.53 Å². The third-order valence-electron chi connectivity index (χ3n) is 5.33. The van der Waals surface area contributed by atoms with Crippen LogP contribution in [-0.4, -0.2) is 28.9 Å². The van der Waals surface area contributed by atoms with Crippen molar-refractivity contribution in [1.29, 1.82) is 5.26 Å². The smallest absolute Gasteiger partial charge is 0.227 e. The first-order valence-corrected chi connectivity index (χ1v) is 9.52. The van der Waals surface area contributed by atoms with Crippen molar-refractivity contribution in [2.45, 2.75) is 38.8 Å². The normalized spacial score (nSPS) is 15.9. The molecule has 0 unspecified atom stereocenters. The lowest BCUT2D eigenvalue weighted by Gasteiger charge is -2.30. The lowest BCUT2D eigenvalue weighted by molar-refractivity contribution is -0.131. The van der Waals surface area contributed by atoms with E-state index in [2.05, 4.69) is 11.1 Å². The number of benzene rings is 1. The summed E-state index contributed by atoms with van der Waals surface area (Å²) in [6.07, 6.45) is 7.57. The largest absolute Gasteiger partial charge is 0.376 e. The third-order valence-corrected chi connectivity index (χ3v) is 5.33. The highest BCUT2D eigenvalue weighted by molar-refractivity contribution is 5.79. The molecule has 1 fully saturated rings. The van der Waals surface area contributed by atoms with Gasteiger partial charge in [0.15, 0.2) is 0 Å². The number of amides is 1. The van der Waals surface area contributed by atoms with Crippen LogP contribution in [0.25, 0.3) is 0 Å². The molecule has 1 aliphatic heterocycles. The summed E-state index contributed by atoms with van der Waals surface area (Å²) in [5, 5.41) is 8.87. The topological polar surface area (TPSA) is 66.2 Å². The van der Waals surface area contributed by atoms with Crippen molar-refractivity contribution >= 4 is 5.91 Å². The average Bonchev–Trinajstić information content (AvgIpc) is 3.52. The quantitative estimate of drug-likeness (QED) is 0.793. The van der Waals surface area contributed by atoms with E-state index in [0.29, 0.717) is 25.1 Å². The zero-order valence-electron chi connectivity index (χ0n) is 15.4. The van der Waals surface area contributed by atoms with Crippen molar-refractivity contribution in [3.63, 3.8) is 0 Å². The Hall–Kier alpha value is -2.71. The number of pyridine rings is 1. The molecular weight excluding hydrogens is 338 g/mol. The number of carbonyl (C=O) groups excluding carboxylic acids is 1. The Bertz CT molecular complexity index is 866. The van der Waals surface area contributed by atoms with Gasteiger partial charge in [-0.15, -0.1) is 0 Å². The fourth-order valence-corrected chi connectivity index (χ4v) is 3.51. The lowest BCUT2D eigenvalue weighted by Crippen LogP contribution is -2.37. The number of nitrogens with zero attached hydrogens (tertiary/aromatic N) is 3. The fourth-order valence-electron chi connectivity index (χ4n) is 3.51. The van der Waals surface area contributed by atoms with E-state index in [1.54, 1.807) is 12.1 Å². The van der Waals surface area contributed by atoms with E-state index in [-0.39, 0.29) is 5.91 Å². The highest BCUT2D eigenvalue weighted by atomic mass is 16.5. The second kappa shape index (κ2) is 7.89. The minimum Gasteiger partial charge on any atom is -0.376 e. The van der Waals surface area contributed by atoms with E-state index in [4.69, 9.17) is 10.00 Å². The van der Waals surface area contributed by atoms with Crippen LogP contribution in [0.2, 0.25) is 0 Å². The molecule has 2 heterocycles. The van der Waals surface area contributed by atoms with E-state index < -0.39 is 0 Å². The van der Waals surface area contributed by atoms with Crippen LogP contribution in [0.3, 0.4) is 0 Å². The summed E-state index contributed by atoms with van der Waals surface area (Å²) >= 11 is 0. The van der Waals surface area contributed by atoms with Gasteiger partial charge in [0.05, 0.1) is 24.7 Å².